The number of aromatic hydroxyl groups is 1. The van der Waals surface area contributed by atoms with Gasteiger partial charge in [0.1, 0.15) is 17.6 Å². The fraction of sp³-hybridized carbons (Fsp3) is 0.370. The number of aliphatic hydroxyl groups excluding tert-OH is 1. The van der Waals surface area contributed by atoms with Crippen LogP contribution in [0.1, 0.15) is 37.3 Å². The van der Waals surface area contributed by atoms with Gasteiger partial charge in [0, 0.05) is 11.3 Å². The number of aliphatic hydroxyl groups is 1. The van der Waals surface area contributed by atoms with E-state index in [0.717, 1.165) is 12.0 Å². The molecule has 10 heteroatoms. The molecule has 3 heterocycles. The first-order valence-electron chi connectivity index (χ1n) is 12.3. The molecule has 0 spiro atoms. The molecule has 2 aromatic carbocycles. The summed E-state index contributed by atoms with van der Waals surface area (Å²) in [7, 11) is 1.67. The van der Waals surface area contributed by atoms with Gasteiger partial charge in [-0.2, -0.15) is 0 Å². The third kappa shape index (κ3) is 3.67. The molecule has 3 aliphatic heterocycles. The highest BCUT2D eigenvalue weighted by Crippen LogP contribution is 2.55. The average molecular weight is 507 g/mol. The number of nitrogens with one attached hydrogen (secondary N) is 2. The second-order valence-corrected chi connectivity index (χ2v) is 9.77. The van der Waals surface area contributed by atoms with Gasteiger partial charge in [-0.05, 0) is 48.9 Å². The van der Waals surface area contributed by atoms with E-state index in [1.54, 1.807) is 25.2 Å². The number of carbonyl (C=O) groups is 3. The molecule has 37 heavy (non-hydrogen) atoms. The van der Waals surface area contributed by atoms with Gasteiger partial charge in [0.25, 0.3) is 5.91 Å². The van der Waals surface area contributed by atoms with E-state index in [9.17, 15) is 29.7 Å². The van der Waals surface area contributed by atoms with Crippen LogP contribution in [0, 0.1) is 5.92 Å². The number of carboxylic acid groups (broad SMARTS) is 1. The van der Waals surface area contributed by atoms with Crippen molar-refractivity contribution in [2.45, 2.75) is 50.5 Å². The molecule has 6 atom stereocenters. The minimum absolute atomic E-state index is 0.0349. The molecule has 0 aromatic heterocycles. The lowest BCUT2D eigenvalue weighted by Gasteiger charge is -2.42. The number of rotatable bonds is 7. The Morgan fingerprint density at radius 3 is 2.41 bits per heavy atom. The van der Waals surface area contributed by atoms with Crippen LogP contribution in [0.2, 0.25) is 0 Å². The van der Waals surface area contributed by atoms with Gasteiger partial charge in [-0.1, -0.05) is 38.5 Å². The maximum absolute atomic E-state index is 14.1. The Morgan fingerprint density at radius 2 is 1.78 bits per heavy atom. The summed E-state index contributed by atoms with van der Waals surface area (Å²) in [6, 6.07) is 11.5. The quantitative estimate of drug-likeness (QED) is 0.380. The van der Waals surface area contributed by atoms with Gasteiger partial charge in [-0.3, -0.25) is 14.5 Å². The predicted molar refractivity (Wildman–Crippen MR) is 135 cm³/mol. The molecule has 1 saturated heterocycles. The van der Waals surface area contributed by atoms with Gasteiger partial charge in [-0.15, -0.1) is 0 Å². The van der Waals surface area contributed by atoms with E-state index in [2.05, 4.69) is 10.6 Å². The number of para-hydroxylation sites is 1. The molecule has 0 aliphatic carbocycles. The molecule has 1 fully saturated rings. The van der Waals surface area contributed by atoms with Gasteiger partial charge in [0.15, 0.2) is 6.04 Å². The van der Waals surface area contributed by atoms with Crippen molar-refractivity contribution in [3.05, 3.63) is 65.4 Å². The van der Waals surface area contributed by atoms with Crippen molar-refractivity contribution in [1.29, 1.82) is 0 Å². The number of phenols is 1. The molecular weight excluding hydrogens is 476 g/mol. The molecule has 0 bridgehead atoms. The molecule has 0 unspecified atom stereocenters. The number of nitrogens with zero attached hydrogens (tertiary/aromatic N) is 2. The first kappa shape index (κ1) is 24.8. The van der Waals surface area contributed by atoms with E-state index < -0.39 is 48.1 Å². The SMILES string of the molecule is CC[C@H](C)[C@H](NC)C(=O)NC1=C(c2ccc(O)cc2)N2c3ccccc3[C@H]3[C@H](O)[C@@H](C(=O)O)N(C1=O)[C@H]32. The van der Waals surface area contributed by atoms with Crippen LogP contribution in [0.4, 0.5) is 5.69 Å². The molecule has 5 rings (SSSR count). The number of benzene rings is 2. The summed E-state index contributed by atoms with van der Waals surface area (Å²) in [5, 5.41) is 36.9. The number of amides is 2. The Morgan fingerprint density at radius 1 is 1.11 bits per heavy atom. The molecule has 3 aliphatic rings. The maximum Gasteiger partial charge on any atom is 0.329 e. The van der Waals surface area contributed by atoms with Gasteiger partial charge in [0.05, 0.1) is 23.8 Å². The summed E-state index contributed by atoms with van der Waals surface area (Å²) in [5.74, 6) is -3.09. The third-order valence-electron chi connectivity index (χ3n) is 7.79. The van der Waals surface area contributed by atoms with E-state index in [-0.39, 0.29) is 17.4 Å². The lowest BCUT2D eigenvalue weighted by molar-refractivity contribution is -0.151. The highest BCUT2D eigenvalue weighted by atomic mass is 16.4. The Hall–Kier alpha value is -3.89. The Bertz CT molecular complexity index is 1290. The Balaban J connectivity index is 1.74. The van der Waals surface area contributed by atoms with E-state index >= 15 is 0 Å². The molecule has 194 valence electrons. The predicted octanol–water partition coefficient (Wildman–Crippen LogP) is 1.41. The third-order valence-corrected chi connectivity index (χ3v) is 7.79. The number of anilines is 1. The van der Waals surface area contributed by atoms with Crippen molar-refractivity contribution < 1.29 is 29.7 Å². The monoisotopic (exact) mass is 506 g/mol. The van der Waals surface area contributed by atoms with E-state index in [0.29, 0.717) is 16.9 Å². The zero-order valence-corrected chi connectivity index (χ0v) is 20.8. The Kier molecular flexibility index (Phi) is 6.17. The van der Waals surface area contributed by atoms with Crippen molar-refractivity contribution in [1.82, 2.24) is 15.5 Å². The van der Waals surface area contributed by atoms with E-state index in [4.69, 9.17) is 0 Å². The van der Waals surface area contributed by atoms with Crippen molar-refractivity contribution in [2.75, 3.05) is 11.9 Å². The van der Waals surface area contributed by atoms with Crippen LogP contribution in [-0.4, -0.2) is 69.4 Å². The molecule has 0 saturated carbocycles. The number of carbonyl (C=O) groups excluding carboxylic acids is 2. The summed E-state index contributed by atoms with van der Waals surface area (Å²) in [6.45, 7) is 3.89. The summed E-state index contributed by atoms with van der Waals surface area (Å²) in [6.07, 6.45) is -1.42. The number of carboxylic acids is 1. The first-order chi connectivity index (χ1) is 17.7. The molecule has 2 amide bonds. The lowest BCUT2D eigenvalue weighted by Crippen LogP contribution is -2.59. The second-order valence-electron chi connectivity index (χ2n) is 9.77. The summed E-state index contributed by atoms with van der Waals surface area (Å²) < 4.78 is 0. The number of hydrogen-bond acceptors (Lipinski definition) is 7. The molecule has 2 aromatic rings. The molecule has 5 N–H and O–H groups in total. The lowest BCUT2D eigenvalue weighted by atomic mass is 9.93. The number of hydrogen-bond donors (Lipinski definition) is 5. The Labute approximate surface area is 214 Å². The average Bonchev–Trinajstić information content (AvgIpc) is 3.37. The van der Waals surface area contributed by atoms with Crippen LogP contribution in [0.25, 0.3) is 5.70 Å². The zero-order valence-electron chi connectivity index (χ0n) is 20.8. The van der Waals surface area contributed by atoms with Crippen molar-refractivity contribution in [3.63, 3.8) is 0 Å². The van der Waals surface area contributed by atoms with Crippen LogP contribution in [0.15, 0.2) is 54.2 Å². The summed E-state index contributed by atoms with van der Waals surface area (Å²) in [5.41, 5.74) is 2.28. The standard InChI is InChI=1S/C27H30N4O6/c1-4-13(2)19(28-3)24(34)29-20-21(14-9-11-15(32)12-10-14)30-17-8-6-5-7-16(17)18-23(33)22(27(36)37)31(25(18)30)26(20)35/h5-13,18-19,22-23,25,28,32-33H,4H2,1-3H3,(H,29,34)(H,36,37)/t13-,18-,19-,22-,23-,25+/m0/s1. The summed E-state index contributed by atoms with van der Waals surface area (Å²) in [4.78, 5) is 42.8. The number of aliphatic carboxylic acids is 1. The maximum atomic E-state index is 14.1. The van der Waals surface area contributed by atoms with Crippen LogP contribution < -0.4 is 15.5 Å². The minimum Gasteiger partial charge on any atom is -0.508 e. The zero-order chi connectivity index (χ0) is 26.6. The smallest absolute Gasteiger partial charge is 0.329 e. The largest absolute Gasteiger partial charge is 0.508 e. The van der Waals surface area contributed by atoms with Crippen molar-refractivity contribution in [2.24, 2.45) is 5.92 Å². The fourth-order valence-corrected chi connectivity index (χ4v) is 5.88. The number of likely N-dealkylation sites (N-methyl/N-ethyl adjacent to an activating group) is 1. The fourth-order valence-electron chi connectivity index (χ4n) is 5.88. The normalized spacial score (nSPS) is 25.6. The molecule has 0 radical (unpaired) electrons. The van der Waals surface area contributed by atoms with Gasteiger partial charge in [-0.25, -0.2) is 4.79 Å². The van der Waals surface area contributed by atoms with Gasteiger partial charge in [0.2, 0.25) is 5.91 Å². The van der Waals surface area contributed by atoms with Crippen LogP contribution in [-0.2, 0) is 14.4 Å². The van der Waals surface area contributed by atoms with Crippen molar-refractivity contribution in [3.8, 4) is 5.75 Å². The van der Waals surface area contributed by atoms with Gasteiger partial charge < -0.3 is 30.9 Å². The highest BCUT2D eigenvalue weighted by Gasteiger charge is 2.63. The number of phenolic OH excluding ortho intramolecular Hbond substituents is 1. The molecular formula is C27H30N4O6. The molecule has 10 nitrogen and oxygen atoms in total. The minimum atomic E-state index is -1.48. The summed E-state index contributed by atoms with van der Waals surface area (Å²) >= 11 is 0. The number of fused-ring (bicyclic) bond motifs is 3. The second kappa shape index (κ2) is 9.20. The first-order valence-corrected chi connectivity index (χ1v) is 12.3. The van der Waals surface area contributed by atoms with Crippen LogP contribution >= 0.6 is 0 Å². The highest BCUT2D eigenvalue weighted by molar-refractivity contribution is 6.11. The van der Waals surface area contributed by atoms with Crippen LogP contribution in [0.3, 0.4) is 0 Å². The topological polar surface area (TPSA) is 142 Å². The van der Waals surface area contributed by atoms with E-state index in [1.165, 1.54) is 17.0 Å². The van der Waals surface area contributed by atoms with E-state index in [1.807, 2.05) is 36.9 Å². The van der Waals surface area contributed by atoms with Gasteiger partial charge >= 0.3 is 5.97 Å². The van der Waals surface area contributed by atoms with Crippen LogP contribution in [0.5, 0.6) is 5.75 Å². The van der Waals surface area contributed by atoms with Crippen molar-refractivity contribution >= 4 is 29.2 Å².